The highest BCUT2D eigenvalue weighted by Gasteiger charge is 2.13. The van der Waals surface area contributed by atoms with Crippen LogP contribution in [0.25, 0.3) is 0 Å². The lowest BCUT2D eigenvalue weighted by molar-refractivity contribution is 0.872. The highest BCUT2D eigenvalue weighted by molar-refractivity contribution is 8.02. The van der Waals surface area contributed by atoms with Gasteiger partial charge in [0, 0.05) is 17.1 Å². The molecule has 1 atom stereocenters. The van der Waals surface area contributed by atoms with E-state index >= 15 is 0 Å². The number of rotatable bonds is 3. The maximum absolute atomic E-state index is 4.47. The molecule has 1 aliphatic heterocycles. The van der Waals surface area contributed by atoms with Crippen molar-refractivity contribution in [3.63, 3.8) is 0 Å². The lowest BCUT2D eigenvalue weighted by Gasteiger charge is -2.08. The molecule has 0 N–H and O–H groups in total. The van der Waals surface area contributed by atoms with Gasteiger partial charge in [0.15, 0.2) is 0 Å². The number of hydrogen-bond donors (Lipinski definition) is 0. The fraction of sp³-hybridized carbons (Fsp3) is 0.417. The Morgan fingerprint density at radius 3 is 3.00 bits per heavy atom. The Morgan fingerprint density at radius 1 is 1.50 bits per heavy atom. The molecule has 74 valence electrons. The van der Waals surface area contributed by atoms with Crippen LogP contribution >= 0.6 is 11.8 Å². The summed E-state index contributed by atoms with van der Waals surface area (Å²) in [6, 6.07) is 4.39. The van der Waals surface area contributed by atoms with Gasteiger partial charge >= 0.3 is 0 Å². The minimum Gasteiger partial charge on any atom is -0.261 e. The van der Waals surface area contributed by atoms with Gasteiger partial charge in [0.05, 0.1) is 0 Å². The quantitative estimate of drug-likeness (QED) is 0.745. The van der Waals surface area contributed by atoms with Gasteiger partial charge in [-0.05, 0) is 29.9 Å². The van der Waals surface area contributed by atoms with Crippen LogP contribution in [0.4, 0.5) is 0 Å². The SMILES string of the molecule is CCCc1ccc(C2CC=CS2)cn1. The van der Waals surface area contributed by atoms with Gasteiger partial charge in [-0.3, -0.25) is 4.98 Å². The number of thioether (sulfide) groups is 1. The molecule has 0 fully saturated rings. The molecule has 2 heteroatoms. The van der Waals surface area contributed by atoms with E-state index in [4.69, 9.17) is 0 Å². The van der Waals surface area contributed by atoms with Crippen LogP contribution < -0.4 is 0 Å². The van der Waals surface area contributed by atoms with Crippen molar-refractivity contribution in [2.45, 2.75) is 31.4 Å². The van der Waals surface area contributed by atoms with E-state index in [1.165, 1.54) is 17.7 Å². The zero-order valence-corrected chi connectivity index (χ0v) is 9.26. The van der Waals surface area contributed by atoms with Crippen molar-refractivity contribution < 1.29 is 0 Å². The highest BCUT2D eigenvalue weighted by Crippen LogP contribution is 2.37. The van der Waals surface area contributed by atoms with Crippen molar-refractivity contribution in [3.8, 4) is 0 Å². The highest BCUT2D eigenvalue weighted by atomic mass is 32.2. The maximum Gasteiger partial charge on any atom is 0.0403 e. The van der Waals surface area contributed by atoms with Crippen molar-refractivity contribution in [1.82, 2.24) is 4.98 Å². The molecule has 2 rings (SSSR count). The molecular formula is C12H15NS. The molecule has 2 heterocycles. The number of aryl methyl sites for hydroxylation is 1. The Bertz CT molecular complexity index is 308. The molecule has 0 bridgehead atoms. The van der Waals surface area contributed by atoms with Crippen molar-refractivity contribution in [2.75, 3.05) is 0 Å². The molecule has 0 spiro atoms. The van der Waals surface area contributed by atoms with Crippen LogP contribution in [-0.4, -0.2) is 4.98 Å². The third kappa shape index (κ3) is 2.18. The number of aromatic nitrogens is 1. The Balaban J connectivity index is 2.05. The molecule has 1 aromatic heterocycles. The molecule has 0 radical (unpaired) electrons. The number of nitrogens with zero attached hydrogens (tertiary/aromatic N) is 1. The van der Waals surface area contributed by atoms with Gasteiger partial charge in [-0.25, -0.2) is 0 Å². The monoisotopic (exact) mass is 205 g/mol. The molecule has 0 saturated heterocycles. The first kappa shape index (κ1) is 9.78. The minimum atomic E-state index is 0.609. The average Bonchev–Trinajstić information content (AvgIpc) is 2.72. The molecule has 1 unspecified atom stereocenters. The fourth-order valence-corrected chi connectivity index (χ4v) is 2.56. The summed E-state index contributed by atoms with van der Waals surface area (Å²) in [6.07, 6.45) is 7.69. The van der Waals surface area contributed by atoms with Gasteiger partial charge in [-0.15, -0.1) is 11.8 Å². The van der Waals surface area contributed by atoms with Gasteiger partial charge in [-0.2, -0.15) is 0 Å². The van der Waals surface area contributed by atoms with E-state index in [-0.39, 0.29) is 0 Å². The normalized spacial score (nSPS) is 20.2. The Kier molecular flexibility index (Phi) is 3.25. The summed E-state index contributed by atoms with van der Waals surface area (Å²) in [7, 11) is 0. The van der Waals surface area contributed by atoms with E-state index < -0.39 is 0 Å². The second-order valence-corrected chi connectivity index (χ2v) is 4.68. The molecule has 1 aromatic rings. The average molecular weight is 205 g/mol. The van der Waals surface area contributed by atoms with Gasteiger partial charge in [0.2, 0.25) is 0 Å². The number of pyridine rings is 1. The van der Waals surface area contributed by atoms with E-state index in [2.05, 4.69) is 35.5 Å². The Morgan fingerprint density at radius 2 is 2.43 bits per heavy atom. The second kappa shape index (κ2) is 4.65. The van der Waals surface area contributed by atoms with E-state index in [0.29, 0.717) is 5.25 Å². The molecule has 1 nitrogen and oxygen atoms in total. The zero-order valence-electron chi connectivity index (χ0n) is 8.44. The van der Waals surface area contributed by atoms with Crippen molar-refractivity contribution >= 4 is 11.8 Å². The van der Waals surface area contributed by atoms with Crippen LogP contribution in [0.1, 0.15) is 36.3 Å². The molecule has 0 aliphatic carbocycles. The summed E-state index contributed by atoms with van der Waals surface area (Å²) in [4.78, 5) is 4.47. The standard InChI is InChI=1S/C12H15NS/c1-2-4-11-7-6-10(9-13-11)12-5-3-8-14-12/h3,6-9,12H,2,4-5H2,1H3. The van der Waals surface area contributed by atoms with Crippen LogP contribution in [0, 0.1) is 0 Å². The first-order chi connectivity index (χ1) is 6.90. The summed E-state index contributed by atoms with van der Waals surface area (Å²) in [6.45, 7) is 2.19. The largest absolute Gasteiger partial charge is 0.261 e. The van der Waals surface area contributed by atoms with Crippen LogP contribution in [0.5, 0.6) is 0 Å². The second-order valence-electron chi connectivity index (χ2n) is 3.57. The summed E-state index contributed by atoms with van der Waals surface area (Å²) >= 11 is 1.89. The summed E-state index contributed by atoms with van der Waals surface area (Å²) in [5.74, 6) is 0. The smallest absolute Gasteiger partial charge is 0.0403 e. The first-order valence-corrected chi connectivity index (χ1v) is 6.09. The first-order valence-electron chi connectivity index (χ1n) is 5.15. The molecule has 14 heavy (non-hydrogen) atoms. The summed E-state index contributed by atoms with van der Waals surface area (Å²) < 4.78 is 0. The molecule has 1 aliphatic rings. The minimum absolute atomic E-state index is 0.609. The maximum atomic E-state index is 4.47. The third-order valence-corrected chi connectivity index (χ3v) is 3.56. The van der Waals surface area contributed by atoms with Crippen LogP contribution in [0.15, 0.2) is 29.8 Å². The van der Waals surface area contributed by atoms with Crippen LogP contribution in [0.3, 0.4) is 0 Å². The zero-order chi connectivity index (χ0) is 9.80. The van der Waals surface area contributed by atoms with E-state index in [1.807, 2.05) is 18.0 Å². The lowest BCUT2D eigenvalue weighted by atomic mass is 10.1. The lowest BCUT2D eigenvalue weighted by Crippen LogP contribution is -1.93. The van der Waals surface area contributed by atoms with Crippen LogP contribution in [0.2, 0.25) is 0 Å². The van der Waals surface area contributed by atoms with E-state index in [1.54, 1.807) is 0 Å². The van der Waals surface area contributed by atoms with Crippen molar-refractivity contribution in [2.24, 2.45) is 0 Å². The van der Waals surface area contributed by atoms with Crippen molar-refractivity contribution in [3.05, 3.63) is 41.1 Å². The third-order valence-electron chi connectivity index (χ3n) is 2.41. The predicted molar refractivity (Wildman–Crippen MR) is 62.3 cm³/mol. The number of hydrogen-bond acceptors (Lipinski definition) is 2. The summed E-state index contributed by atoms with van der Waals surface area (Å²) in [5.41, 5.74) is 2.58. The Hall–Kier alpha value is -0.760. The van der Waals surface area contributed by atoms with Gasteiger partial charge in [0.1, 0.15) is 0 Å². The molecule has 0 amide bonds. The molecular weight excluding hydrogens is 190 g/mol. The Labute approximate surface area is 89.6 Å². The fourth-order valence-electron chi connectivity index (χ4n) is 1.63. The topological polar surface area (TPSA) is 12.9 Å². The molecule has 0 aromatic carbocycles. The number of allylic oxidation sites excluding steroid dienone is 1. The van der Waals surface area contributed by atoms with Gasteiger partial charge < -0.3 is 0 Å². The molecule has 0 saturated carbocycles. The van der Waals surface area contributed by atoms with Crippen molar-refractivity contribution in [1.29, 1.82) is 0 Å². The van der Waals surface area contributed by atoms with E-state index in [0.717, 1.165) is 12.8 Å². The summed E-state index contributed by atoms with van der Waals surface area (Å²) in [5, 5.41) is 2.79. The van der Waals surface area contributed by atoms with Gasteiger partial charge in [-0.1, -0.05) is 25.5 Å². The predicted octanol–water partition coefficient (Wildman–Crippen LogP) is 3.73. The van der Waals surface area contributed by atoms with Gasteiger partial charge in [0.25, 0.3) is 0 Å². The van der Waals surface area contributed by atoms with E-state index in [9.17, 15) is 0 Å². The van der Waals surface area contributed by atoms with Crippen LogP contribution in [-0.2, 0) is 6.42 Å².